The SMILES string of the molecule is NCCCC(N)CC(=O)NCCCC(N)CC(=O)NCCCC(N)CC(=O)NCCCC(N)CC(=O)NCCCC(N)CC(=O)O. The third kappa shape index (κ3) is 27.4. The van der Waals surface area contributed by atoms with E-state index in [-0.39, 0.29) is 79.9 Å². The molecular formula is C30H62N10O6. The van der Waals surface area contributed by atoms with Crippen LogP contribution < -0.4 is 55.7 Å². The molecule has 17 N–H and O–H groups in total. The first kappa shape index (κ1) is 43.1. The molecule has 0 radical (unpaired) electrons. The van der Waals surface area contributed by atoms with Crippen LogP contribution >= 0.6 is 0 Å². The minimum Gasteiger partial charge on any atom is -0.481 e. The van der Waals surface area contributed by atoms with Gasteiger partial charge >= 0.3 is 5.97 Å². The monoisotopic (exact) mass is 658 g/mol. The van der Waals surface area contributed by atoms with Crippen LogP contribution in [0.25, 0.3) is 0 Å². The van der Waals surface area contributed by atoms with Crippen LogP contribution in [0.3, 0.4) is 0 Å². The minimum atomic E-state index is -0.942. The zero-order valence-corrected chi connectivity index (χ0v) is 27.5. The second-order valence-electron chi connectivity index (χ2n) is 12.1. The number of carboxylic acids is 1. The fourth-order valence-electron chi connectivity index (χ4n) is 4.72. The van der Waals surface area contributed by atoms with Crippen molar-refractivity contribution in [3.63, 3.8) is 0 Å². The Bertz CT molecular complexity index is 881. The lowest BCUT2D eigenvalue weighted by molar-refractivity contribution is -0.137. The normalized spacial score (nSPS) is 14.4. The van der Waals surface area contributed by atoms with Gasteiger partial charge in [0.25, 0.3) is 0 Å². The molecule has 0 rings (SSSR count). The van der Waals surface area contributed by atoms with Gasteiger partial charge in [-0.25, -0.2) is 0 Å². The molecule has 0 aliphatic rings. The molecular weight excluding hydrogens is 596 g/mol. The summed E-state index contributed by atoms with van der Waals surface area (Å²) in [4.78, 5) is 58.8. The van der Waals surface area contributed by atoms with E-state index in [1.165, 1.54) is 0 Å². The fraction of sp³-hybridized carbons (Fsp3) is 0.833. The van der Waals surface area contributed by atoms with E-state index in [9.17, 15) is 24.0 Å². The quantitative estimate of drug-likeness (QED) is 0.0388. The van der Waals surface area contributed by atoms with Crippen molar-refractivity contribution in [1.29, 1.82) is 0 Å². The van der Waals surface area contributed by atoms with E-state index in [0.29, 0.717) is 90.5 Å². The number of aliphatic carboxylic acids is 1. The molecule has 5 unspecified atom stereocenters. The maximum atomic E-state index is 12.2. The Labute approximate surface area is 273 Å². The summed E-state index contributed by atoms with van der Waals surface area (Å²) in [5.41, 5.74) is 35.2. The minimum absolute atomic E-state index is 0.0989. The Morgan fingerprint density at radius 1 is 0.435 bits per heavy atom. The maximum absolute atomic E-state index is 12.2. The molecule has 0 aliphatic carbocycles. The van der Waals surface area contributed by atoms with E-state index < -0.39 is 12.0 Å². The molecule has 0 saturated carbocycles. The Kier molecular flexibility index (Phi) is 25.5. The van der Waals surface area contributed by atoms with Crippen LogP contribution in [0.2, 0.25) is 0 Å². The van der Waals surface area contributed by atoms with Gasteiger partial charge in [0, 0.05) is 82.1 Å². The summed E-state index contributed by atoms with van der Waals surface area (Å²) >= 11 is 0. The average molecular weight is 659 g/mol. The zero-order chi connectivity index (χ0) is 34.7. The van der Waals surface area contributed by atoms with Gasteiger partial charge in [-0.3, -0.25) is 24.0 Å². The van der Waals surface area contributed by atoms with Crippen molar-refractivity contribution in [3.05, 3.63) is 0 Å². The van der Waals surface area contributed by atoms with Crippen LogP contribution in [0.5, 0.6) is 0 Å². The van der Waals surface area contributed by atoms with Gasteiger partial charge < -0.3 is 60.8 Å². The van der Waals surface area contributed by atoms with E-state index in [1.54, 1.807) is 0 Å². The molecule has 268 valence electrons. The molecule has 4 amide bonds. The smallest absolute Gasteiger partial charge is 0.304 e. The lowest BCUT2D eigenvalue weighted by atomic mass is 10.1. The van der Waals surface area contributed by atoms with Crippen molar-refractivity contribution < 1.29 is 29.1 Å². The Morgan fingerprint density at radius 3 is 0.913 bits per heavy atom. The number of rotatable bonds is 29. The molecule has 0 saturated heterocycles. The van der Waals surface area contributed by atoms with Crippen LogP contribution in [-0.4, -0.2) is 97.6 Å². The number of nitrogens with one attached hydrogen (secondary N) is 4. The van der Waals surface area contributed by atoms with Crippen LogP contribution in [0, 0.1) is 0 Å². The highest BCUT2D eigenvalue weighted by Crippen LogP contribution is 2.04. The van der Waals surface area contributed by atoms with Gasteiger partial charge in [0.15, 0.2) is 0 Å². The first-order chi connectivity index (χ1) is 21.8. The van der Waals surface area contributed by atoms with Gasteiger partial charge in [-0.15, -0.1) is 0 Å². The molecule has 0 aliphatic heterocycles. The van der Waals surface area contributed by atoms with Crippen LogP contribution in [0.15, 0.2) is 0 Å². The number of carboxylic acid groups (broad SMARTS) is 1. The van der Waals surface area contributed by atoms with Crippen molar-refractivity contribution in [3.8, 4) is 0 Å². The Balaban J connectivity index is 3.82. The summed E-state index contributed by atoms with van der Waals surface area (Å²) in [6, 6.07) is -1.62. The third-order valence-corrected chi connectivity index (χ3v) is 7.30. The molecule has 0 aromatic rings. The molecule has 0 spiro atoms. The van der Waals surface area contributed by atoms with E-state index in [4.69, 9.17) is 39.5 Å². The van der Waals surface area contributed by atoms with Crippen molar-refractivity contribution in [2.75, 3.05) is 32.7 Å². The summed E-state index contributed by atoms with van der Waals surface area (Å²) in [6.45, 7) is 2.30. The second-order valence-corrected chi connectivity index (χ2v) is 12.1. The third-order valence-electron chi connectivity index (χ3n) is 7.30. The number of carbonyl (C=O) groups excluding carboxylic acids is 4. The number of hydrogen-bond donors (Lipinski definition) is 11. The highest BCUT2D eigenvalue weighted by atomic mass is 16.4. The largest absolute Gasteiger partial charge is 0.481 e. The summed E-state index contributed by atoms with van der Waals surface area (Å²) in [6.07, 6.45) is 6.92. The first-order valence-electron chi connectivity index (χ1n) is 16.6. The van der Waals surface area contributed by atoms with E-state index >= 15 is 0 Å². The van der Waals surface area contributed by atoms with Gasteiger partial charge in [-0.1, -0.05) is 0 Å². The van der Waals surface area contributed by atoms with Gasteiger partial charge in [0.2, 0.25) is 23.6 Å². The standard InChI is InChI=1S/C30H62N10O6/c31-11-1-6-21(32)16-26(41)37-12-2-7-22(33)17-27(42)38-13-3-8-23(34)18-28(43)39-14-4-9-24(35)19-29(44)40-15-5-10-25(36)20-30(45)46/h21-25H,1-20,31-36H2,(H,37,41)(H,38,42)(H,39,43)(H,40,44)(H,45,46). The number of hydrogen-bond acceptors (Lipinski definition) is 11. The molecule has 0 aromatic heterocycles. The number of carbonyl (C=O) groups is 5. The van der Waals surface area contributed by atoms with Gasteiger partial charge in [-0.2, -0.15) is 0 Å². The van der Waals surface area contributed by atoms with E-state index in [0.717, 1.165) is 6.42 Å². The predicted octanol–water partition coefficient (Wildman–Crippen LogP) is -2.02. The molecule has 0 fully saturated rings. The van der Waals surface area contributed by atoms with Crippen LogP contribution in [-0.2, 0) is 24.0 Å². The average Bonchev–Trinajstić information content (AvgIpc) is 2.96. The molecule has 0 aromatic carbocycles. The van der Waals surface area contributed by atoms with Gasteiger partial charge in [-0.05, 0) is 70.8 Å². The maximum Gasteiger partial charge on any atom is 0.304 e. The zero-order valence-electron chi connectivity index (χ0n) is 27.5. The number of nitrogens with two attached hydrogens (primary N) is 6. The molecule has 0 heterocycles. The summed E-state index contributed by atoms with van der Waals surface area (Å²) in [5.74, 6) is -1.54. The summed E-state index contributed by atoms with van der Waals surface area (Å²) in [7, 11) is 0. The topological polar surface area (TPSA) is 310 Å². The van der Waals surface area contributed by atoms with E-state index in [2.05, 4.69) is 21.3 Å². The second kappa shape index (κ2) is 27.2. The van der Waals surface area contributed by atoms with Gasteiger partial charge in [0.1, 0.15) is 0 Å². The summed E-state index contributed by atoms with van der Waals surface area (Å²) in [5, 5.41) is 19.9. The lowest BCUT2D eigenvalue weighted by Gasteiger charge is -2.15. The van der Waals surface area contributed by atoms with E-state index in [1.807, 2.05) is 0 Å². The highest BCUT2D eigenvalue weighted by molar-refractivity contribution is 5.77. The fourth-order valence-corrected chi connectivity index (χ4v) is 4.72. The van der Waals surface area contributed by atoms with Crippen LogP contribution in [0.4, 0.5) is 0 Å². The Morgan fingerprint density at radius 2 is 0.674 bits per heavy atom. The van der Waals surface area contributed by atoms with Crippen molar-refractivity contribution in [2.24, 2.45) is 34.4 Å². The molecule has 46 heavy (non-hydrogen) atoms. The van der Waals surface area contributed by atoms with Crippen molar-refractivity contribution >= 4 is 29.6 Å². The Hall–Kier alpha value is -2.89. The molecule has 16 nitrogen and oxygen atoms in total. The number of amides is 4. The predicted molar refractivity (Wildman–Crippen MR) is 178 cm³/mol. The lowest BCUT2D eigenvalue weighted by Crippen LogP contribution is -2.35. The molecule has 5 atom stereocenters. The first-order valence-corrected chi connectivity index (χ1v) is 16.6. The summed E-state index contributed by atoms with van der Waals surface area (Å²) < 4.78 is 0. The molecule has 0 bridgehead atoms. The molecule has 16 heteroatoms. The van der Waals surface area contributed by atoms with Crippen molar-refractivity contribution in [1.82, 2.24) is 21.3 Å². The van der Waals surface area contributed by atoms with Crippen LogP contribution in [0.1, 0.15) is 96.3 Å². The highest BCUT2D eigenvalue weighted by Gasteiger charge is 2.14. The van der Waals surface area contributed by atoms with Crippen molar-refractivity contribution in [2.45, 2.75) is 127 Å². The van der Waals surface area contributed by atoms with Gasteiger partial charge in [0.05, 0.1) is 6.42 Å².